The second kappa shape index (κ2) is 7.29. The zero-order chi connectivity index (χ0) is 11.9. The third-order valence-electron chi connectivity index (χ3n) is 3.41. The van der Waals surface area contributed by atoms with Gasteiger partial charge in [0.15, 0.2) is 0 Å². The summed E-state index contributed by atoms with van der Waals surface area (Å²) >= 11 is 0. The molecule has 0 atom stereocenters. The molecule has 0 amide bonds. The highest BCUT2D eigenvalue weighted by Crippen LogP contribution is 2.25. The second-order valence-electron chi connectivity index (χ2n) is 6.22. The van der Waals surface area contributed by atoms with Crippen LogP contribution in [0.15, 0.2) is 0 Å². The minimum atomic E-state index is 0.255. The number of hydrogen-bond acceptors (Lipinski definition) is 2. The van der Waals surface area contributed by atoms with Crippen LogP contribution in [0.5, 0.6) is 0 Å². The van der Waals surface area contributed by atoms with Crippen LogP contribution in [-0.2, 0) is 0 Å². The molecule has 0 spiro atoms. The Morgan fingerprint density at radius 3 is 2.25 bits per heavy atom. The van der Waals surface area contributed by atoms with Crippen molar-refractivity contribution >= 4 is 0 Å². The summed E-state index contributed by atoms with van der Waals surface area (Å²) in [6, 6.07) is 0. The minimum absolute atomic E-state index is 0.255. The fourth-order valence-corrected chi connectivity index (χ4v) is 2.43. The van der Waals surface area contributed by atoms with Crippen LogP contribution >= 0.6 is 0 Å². The van der Waals surface area contributed by atoms with Crippen molar-refractivity contribution in [3.05, 3.63) is 0 Å². The monoisotopic (exact) mass is 226 g/mol. The Hall–Kier alpha value is -0.0800. The topological polar surface area (TPSA) is 24.1 Å². The molecule has 0 saturated heterocycles. The summed E-state index contributed by atoms with van der Waals surface area (Å²) < 4.78 is 0. The van der Waals surface area contributed by atoms with Gasteiger partial charge in [-0.3, -0.25) is 0 Å². The summed E-state index contributed by atoms with van der Waals surface area (Å²) in [5, 5.41) is 7.04. The molecule has 2 N–H and O–H groups in total. The fraction of sp³-hybridized carbons (Fsp3) is 1.00. The van der Waals surface area contributed by atoms with Gasteiger partial charge in [-0.2, -0.15) is 0 Å². The van der Waals surface area contributed by atoms with E-state index in [1.807, 2.05) is 0 Å². The van der Waals surface area contributed by atoms with E-state index in [4.69, 9.17) is 0 Å². The molecule has 1 saturated carbocycles. The SMILES string of the molecule is CC(C)(C)NCCNCCC1CCCCC1. The van der Waals surface area contributed by atoms with Crippen LogP contribution in [0.4, 0.5) is 0 Å². The van der Waals surface area contributed by atoms with Gasteiger partial charge in [-0.1, -0.05) is 32.1 Å². The summed E-state index contributed by atoms with van der Waals surface area (Å²) in [5.74, 6) is 1.01. The summed E-state index contributed by atoms with van der Waals surface area (Å²) in [7, 11) is 0. The van der Waals surface area contributed by atoms with E-state index in [2.05, 4.69) is 31.4 Å². The average Bonchev–Trinajstić information content (AvgIpc) is 2.23. The van der Waals surface area contributed by atoms with Crippen LogP contribution in [0.3, 0.4) is 0 Å². The van der Waals surface area contributed by atoms with E-state index in [1.165, 1.54) is 45.1 Å². The van der Waals surface area contributed by atoms with Gasteiger partial charge >= 0.3 is 0 Å². The molecule has 0 aromatic rings. The first kappa shape index (κ1) is 14.0. The standard InChI is InChI=1S/C14H30N2/c1-14(2,3)16-12-11-15-10-9-13-7-5-4-6-8-13/h13,15-16H,4-12H2,1-3H3. The predicted molar refractivity (Wildman–Crippen MR) is 71.8 cm³/mol. The van der Waals surface area contributed by atoms with Gasteiger partial charge in [0.2, 0.25) is 0 Å². The molecule has 0 aromatic heterocycles. The lowest BCUT2D eigenvalue weighted by atomic mass is 9.87. The maximum Gasteiger partial charge on any atom is 0.00970 e. The van der Waals surface area contributed by atoms with Crippen molar-refractivity contribution < 1.29 is 0 Å². The molecular formula is C14H30N2. The Bertz CT molecular complexity index is 166. The van der Waals surface area contributed by atoms with E-state index >= 15 is 0 Å². The molecule has 1 fully saturated rings. The third kappa shape index (κ3) is 7.24. The molecule has 0 aromatic carbocycles. The van der Waals surface area contributed by atoms with Crippen molar-refractivity contribution in [3.8, 4) is 0 Å². The number of hydrogen-bond donors (Lipinski definition) is 2. The molecule has 96 valence electrons. The zero-order valence-electron chi connectivity index (χ0n) is 11.4. The van der Waals surface area contributed by atoms with Crippen molar-refractivity contribution in [2.45, 2.75) is 64.8 Å². The number of rotatable bonds is 6. The van der Waals surface area contributed by atoms with Gasteiger partial charge < -0.3 is 10.6 Å². The van der Waals surface area contributed by atoms with Crippen molar-refractivity contribution in [1.29, 1.82) is 0 Å². The van der Waals surface area contributed by atoms with Crippen LogP contribution in [0.1, 0.15) is 59.3 Å². The smallest absolute Gasteiger partial charge is 0.00970 e. The van der Waals surface area contributed by atoms with Gasteiger partial charge in [-0.15, -0.1) is 0 Å². The minimum Gasteiger partial charge on any atom is -0.315 e. The van der Waals surface area contributed by atoms with Crippen LogP contribution in [0.25, 0.3) is 0 Å². The van der Waals surface area contributed by atoms with Crippen LogP contribution in [-0.4, -0.2) is 25.2 Å². The Kier molecular flexibility index (Phi) is 6.37. The lowest BCUT2D eigenvalue weighted by Gasteiger charge is -2.22. The van der Waals surface area contributed by atoms with Crippen LogP contribution in [0.2, 0.25) is 0 Å². The van der Waals surface area contributed by atoms with E-state index in [9.17, 15) is 0 Å². The number of nitrogens with one attached hydrogen (secondary N) is 2. The van der Waals surface area contributed by atoms with Crippen molar-refractivity contribution in [2.24, 2.45) is 5.92 Å². The quantitative estimate of drug-likeness (QED) is 0.681. The Balaban J connectivity index is 1.87. The Morgan fingerprint density at radius 2 is 1.62 bits per heavy atom. The summed E-state index contributed by atoms with van der Waals surface area (Å²) in [6.07, 6.45) is 8.74. The van der Waals surface area contributed by atoms with Crippen molar-refractivity contribution in [2.75, 3.05) is 19.6 Å². The fourth-order valence-electron chi connectivity index (χ4n) is 2.43. The first-order valence-corrected chi connectivity index (χ1v) is 7.04. The first-order chi connectivity index (χ1) is 7.58. The molecular weight excluding hydrogens is 196 g/mol. The van der Waals surface area contributed by atoms with Gasteiger partial charge in [0.05, 0.1) is 0 Å². The second-order valence-corrected chi connectivity index (χ2v) is 6.22. The molecule has 0 radical (unpaired) electrons. The maximum absolute atomic E-state index is 3.54. The highest BCUT2D eigenvalue weighted by molar-refractivity contribution is 4.71. The molecule has 16 heavy (non-hydrogen) atoms. The van der Waals surface area contributed by atoms with Gasteiger partial charge in [-0.05, 0) is 39.7 Å². The predicted octanol–water partition coefficient (Wildman–Crippen LogP) is 2.93. The molecule has 1 aliphatic rings. The first-order valence-electron chi connectivity index (χ1n) is 7.04. The summed E-state index contributed by atoms with van der Waals surface area (Å²) in [5.41, 5.74) is 0.255. The van der Waals surface area contributed by atoms with E-state index < -0.39 is 0 Å². The van der Waals surface area contributed by atoms with Crippen molar-refractivity contribution in [3.63, 3.8) is 0 Å². The molecule has 1 aliphatic carbocycles. The Morgan fingerprint density at radius 1 is 0.938 bits per heavy atom. The lowest BCUT2D eigenvalue weighted by molar-refractivity contribution is 0.332. The van der Waals surface area contributed by atoms with Gasteiger partial charge in [-0.25, -0.2) is 0 Å². The highest BCUT2D eigenvalue weighted by Gasteiger charge is 2.12. The Labute approximate surface area is 102 Å². The summed E-state index contributed by atoms with van der Waals surface area (Å²) in [6.45, 7) is 10.0. The van der Waals surface area contributed by atoms with E-state index in [-0.39, 0.29) is 5.54 Å². The average molecular weight is 226 g/mol. The molecule has 1 rings (SSSR count). The van der Waals surface area contributed by atoms with E-state index in [0.29, 0.717) is 0 Å². The summed E-state index contributed by atoms with van der Waals surface area (Å²) in [4.78, 5) is 0. The van der Waals surface area contributed by atoms with Gasteiger partial charge in [0, 0.05) is 18.6 Å². The molecule has 0 heterocycles. The van der Waals surface area contributed by atoms with E-state index in [1.54, 1.807) is 0 Å². The van der Waals surface area contributed by atoms with Gasteiger partial charge in [0.25, 0.3) is 0 Å². The molecule has 0 unspecified atom stereocenters. The molecule has 0 aliphatic heterocycles. The van der Waals surface area contributed by atoms with Crippen LogP contribution in [0, 0.1) is 5.92 Å². The molecule has 2 nitrogen and oxygen atoms in total. The van der Waals surface area contributed by atoms with Gasteiger partial charge in [0.1, 0.15) is 0 Å². The zero-order valence-corrected chi connectivity index (χ0v) is 11.4. The lowest BCUT2D eigenvalue weighted by Crippen LogP contribution is -2.40. The highest BCUT2D eigenvalue weighted by atomic mass is 15.0. The molecule has 0 bridgehead atoms. The van der Waals surface area contributed by atoms with Crippen LogP contribution < -0.4 is 10.6 Å². The van der Waals surface area contributed by atoms with Crippen molar-refractivity contribution in [1.82, 2.24) is 10.6 Å². The largest absolute Gasteiger partial charge is 0.315 e. The van der Waals surface area contributed by atoms with E-state index in [0.717, 1.165) is 19.0 Å². The third-order valence-corrected chi connectivity index (χ3v) is 3.41. The normalized spacial score (nSPS) is 18.9. The maximum atomic E-state index is 3.54. The molecule has 2 heteroatoms.